The maximum Gasteiger partial charge on any atom is 0.335 e. The number of nitrogens with zero attached hydrogens (tertiary/aromatic N) is 3. The molecule has 1 fully saturated rings. The Balaban J connectivity index is 2.03. The second-order valence-corrected chi connectivity index (χ2v) is 5.32. The average Bonchev–Trinajstić information content (AvgIpc) is 3.13. The van der Waals surface area contributed by atoms with Crippen LogP contribution in [0, 0.1) is 0 Å². The molecule has 0 saturated carbocycles. The van der Waals surface area contributed by atoms with E-state index in [1.807, 2.05) is 47.0 Å². The second kappa shape index (κ2) is 4.86. The molecule has 0 aliphatic carbocycles. The summed E-state index contributed by atoms with van der Waals surface area (Å²) in [6, 6.07) is 13.7. The van der Waals surface area contributed by atoms with Gasteiger partial charge < -0.3 is 5.32 Å². The van der Waals surface area contributed by atoms with E-state index in [4.69, 9.17) is 0 Å². The summed E-state index contributed by atoms with van der Waals surface area (Å²) in [6.07, 6.45) is 2.71. The molecular formula is C16H16N4O. The van der Waals surface area contributed by atoms with E-state index in [0.717, 1.165) is 36.4 Å². The van der Waals surface area contributed by atoms with Crippen LogP contribution in [0.3, 0.4) is 0 Å². The zero-order chi connectivity index (χ0) is 14.2. The van der Waals surface area contributed by atoms with Crippen molar-refractivity contribution in [2.24, 2.45) is 0 Å². The molecular weight excluding hydrogens is 264 g/mol. The van der Waals surface area contributed by atoms with Crippen LogP contribution in [0.1, 0.15) is 12.5 Å². The smallest absolute Gasteiger partial charge is 0.315 e. The van der Waals surface area contributed by atoms with E-state index in [2.05, 4.69) is 10.3 Å². The van der Waals surface area contributed by atoms with Gasteiger partial charge in [-0.15, -0.1) is 0 Å². The van der Waals surface area contributed by atoms with Crippen LogP contribution < -0.4 is 11.0 Å². The number of nitrogens with one attached hydrogen (secondary N) is 1. The molecule has 1 N–H and O–H groups in total. The standard InChI is InChI=1S/C16H16N4O/c21-16-19(12-5-2-1-3-6-12)14-7-4-9-18-15(14)20(16)13-8-10-17-11-13/h1-7,9,13,17H,8,10-11H2/t13-/m0/s1. The number of aromatic nitrogens is 3. The largest absolute Gasteiger partial charge is 0.335 e. The van der Waals surface area contributed by atoms with Gasteiger partial charge in [-0.2, -0.15) is 0 Å². The lowest BCUT2D eigenvalue weighted by Crippen LogP contribution is -2.28. The van der Waals surface area contributed by atoms with Gasteiger partial charge in [-0.1, -0.05) is 18.2 Å². The predicted octanol–water partition coefficient (Wildman–Crippen LogP) is 1.72. The first-order chi connectivity index (χ1) is 10.4. The minimum atomic E-state index is -0.0106. The van der Waals surface area contributed by atoms with Gasteiger partial charge in [0.1, 0.15) is 0 Å². The van der Waals surface area contributed by atoms with E-state index in [1.165, 1.54) is 0 Å². The highest BCUT2D eigenvalue weighted by atomic mass is 16.1. The van der Waals surface area contributed by atoms with Crippen molar-refractivity contribution in [3.8, 4) is 5.69 Å². The highest BCUT2D eigenvalue weighted by Gasteiger charge is 2.24. The Labute approximate surface area is 121 Å². The molecule has 0 amide bonds. The van der Waals surface area contributed by atoms with Crippen LogP contribution in [-0.2, 0) is 0 Å². The maximum atomic E-state index is 12.9. The summed E-state index contributed by atoms with van der Waals surface area (Å²) in [5.74, 6) is 0. The number of pyridine rings is 1. The Morgan fingerprint density at radius 1 is 1.14 bits per heavy atom. The molecule has 21 heavy (non-hydrogen) atoms. The molecule has 1 aliphatic heterocycles. The molecule has 1 aromatic carbocycles. The van der Waals surface area contributed by atoms with Crippen LogP contribution in [0.2, 0.25) is 0 Å². The summed E-state index contributed by atoms with van der Waals surface area (Å²) < 4.78 is 3.59. The summed E-state index contributed by atoms with van der Waals surface area (Å²) in [5.41, 5.74) is 2.49. The first-order valence-corrected chi connectivity index (χ1v) is 7.20. The SMILES string of the molecule is O=c1n(-c2ccccc2)c2cccnc2n1[C@H]1CCNC1. The molecule has 4 rings (SSSR count). The fourth-order valence-electron chi connectivity index (χ4n) is 3.07. The summed E-state index contributed by atoms with van der Waals surface area (Å²) in [7, 11) is 0. The monoisotopic (exact) mass is 280 g/mol. The van der Waals surface area contributed by atoms with Gasteiger partial charge in [-0.3, -0.25) is 9.13 Å². The number of rotatable bonds is 2. The minimum absolute atomic E-state index is 0.0106. The van der Waals surface area contributed by atoms with Gasteiger partial charge in [-0.25, -0.2) is 9.78 Å². The van der Waals surface area contributed by atoms with E-state index >= 15 is 0 Å². The normalized spacial score (nSPS) is 18.4. The molecule has 5 heteroatoms. The highest BCUT2D eigenvalue weighted by molar-refractivity contribution is 5.74. The van der Waals surface area contributed by atoms with Crippen molar-refractivity contribution in [2.45, 2.75) is 12.5 Å². The molecule has 0 spiro atoms. The highest BCUT2D eigenvalue weighted by Crippen LogP contribution is 2.21. The molecule has 5 nitrogen and oxygen atoms in total. The van der Waals surface area contributed by atoms with Gasteiger partial charge in [0.05, 0.1) is 17.2 Å². The van der Waals surface area contributed by atoms with E-state index in [9.17, 15) is 4.79 Å². The molecule has 1 aliphatic rings. The number of hydrogen-bond donors (Lipinski definition) is 1. The van der Waals surface area contributed by atoms with E-state index < -0.39 is 0 Å². The van der Waals surface area contributed by atoms with Gasteiger partial charge in [0, 0.05) is 12.7 Å². The van der Waals surface area contributed by atoms with Gasteiger partial charge in [0.25, 0.3) is 0 Å². The summed E-state index contributed by atoms with van der Waals surface area (Å²) in [4.78, 5) is 17.4. The van der Waals surface area contributed by atoms with E-state index in [0.29, 0.717) is 0 Å². The Morgan fingerprint density at radius 2 is 2.00 bits per heavy atom. The number of benzene rings is 1. The lowest BCUT2D eigenvalue weighted by atomic mass is 10.2. The molecule has 0 unspecified atom stereocenters. The third-order valence-electron chi connectivity index (χ3n) is 4.05. The summed E-state index contributed by atoms with van der Waals surface area (Å²) in [6.45, 7) is 1.77. The van der Waals surface area contributed by atoms with E-state index in [-0.39, 0.29) is 11.7 Å². The lowest BCUT2D eigenvalue weighted by molar-refractivity contribution is 0.537. The predicted molar refractivity (Wildman–Crippen MR) is 81.9 cm³/mol. The molecule has 0 radical (unpaired) electrons. The molecule has 3 aromatic rings. The van der Waals surface area contributed by atoms with Crippen LogP contribution in [-0.4, -0.2) is 27.2 Å². The van der Waals surface area contributed by atoms with Crippen LogP contribution >= 0.6 is 0 Å². The third-order valence-corrected chi connectivity index (χ3v) is 4.05. The second-order valence-electron chi connectivity index (χ2n) is 5.32. The third kappa shape index (κ3) is 1.89. The van der Waals surface area contributed by atoms with Crippen molar-refractivity contribution in [1.29, 1.82) is 0 Å². The molecule has 1 saturated heterocycles. The Kier molecular flexibility index (Phi) is 2.86. The van der Waals surface area contributed by atoms with Crippen molar-refractivity contribution in [3.05, 3.63) is 59.1 Å². The molecule has 1 atom stereocenters. The van der Waals surface area contributed by atoms with Gasteiger partial charge in [-0.05, 0) is 37.2 Å². The Bertz CT molecular complexity index is 828. The van der Waals surface area contributed by atoms with Crippen molar-refractivity contribution >= 4 is 11.2 Å². The zero-order valence-electron chi connectivity index (χ0n) is 11.6. The Morgan fingerprint density at radius 3 is 2.76 bits per heavy atom. The van der Waals surface area contributed by atoms with Crippen LogP contribution in [0.15, 0.2) is 53.5 Å². The first-order valence-electron chi connectivity index (χ1n) is 7.20. The Hall–Kier alpha value is -2.40. The number of hydrogen-bond acceptors (Lipinski definition) is 3. The van der Waals surface area contributed by atoms with Gasteiger partial charge in [0.2, 0.25) is 0 Å². The maximum absolute atomic E-state index is 12.9. The van der Waals surface area contributed by atoms with Crippen molar-refractivity contribution < 1.29 is 0 Å². The fraction of sp³-hybridized carbons (Fsp3) is 0.250. The molecule has 2 aromatic heterocycles. The molecule has 3 heterocycles. The van der Waals surface area contributed by atoms with Crippen LogP contribution in [0.4, 0.5) is 0 Å². The average molecular weight is 280 g/mol. The number of para-hydroxylation sites is 1. The zero-order valence-corrected chi connectivity index (χ0v) is 11.6. The van der Waals surface area contributed by atoms with Crippen molar-refractivity contribution in [3.63, 3.8) is 0 Å². The quantitative estimate of drug-likeness (QED) is 0.777. The van der Waals surface area contributed by atoms with Crippen LogP contribution in [0.25, 0.3) is 16.9 Å². The van der Waals surface area contributed by atoms with Gasteiger partial charge in [0.15, 0.2) is 5.65 Å². The topological polar surface area (TPSA) is 51.9 Å². The van der Waals surface area contributed by atoms with E-state index in [1.54, 1.807) is 10.8 Å². The lowest BCUT2D eigenvalue weighted by Gasteiger charge is -2.09. The van der Waals surface area contributed by atoms with Crippen LogP contribution in [0.5, 0.6) is 0 Å². The van der Waals surface area contributed by atoms with Crippen molar-refractivity contribution in [1.82, 2.24) is 19.4 Å². The van der Waals surface area contributed by atoms with Gasteiger partial charge >= 0.3 is 5.69 Å². The summed E-state index contributed by atoms with van der Waals surface area (Å²) >= 11 is 0. The number of fused-ring (bicyclic) bond motifs is 1. The minimum Gasteiger partial charge on any atom is -0.315 e. The first kappa shape index (κ1) is 12.3. The fourth-order valence-corrected chi connectivity index (χ4v) is 3.07. The summed E-state index contributed by atoms with van der Waals surface area (Å²) in [5, 5.41) is 3.32. The molecule has 106 valence electrons. The number of imidazole rings is 1. The van der Waals surface area contributed by atoms with Crippen molar-refractivity contribution in [2.75, 3.05) is 13.1 Å². The molecule has 0 bridgehead atoms.